The molecule has 1 aliphatic heterocycles. The third-order valence-corrected chi connectivity index (χ3v) is 3.83. The van der Waals surface area contributed by atoms with E-state index in [0.717, 1.165) is 0 Å². The molecule has 102 valence electrons. The first-order valence-corrected chi connectivity index (χ1v) is 6.29. The van der Waals surface area contributed by atoms with Gasteiger partial charge in [-0.3, -0.25) is 0 Å². The van der Waals surface area contributed by atoms with Gasteiger partial charge in [-0.15, -0.1) is 0 Å². The molecule has 2 rings (SSSR count). The lowest BCUT2D eigenvalue weighted by Gasteiger charge is -2.25. The summed E-state index contributed by atoms with van der Waals surface area (Å²) >= 11 is 0. The highest BCUT2D eigenvalue weighted by Gasteiger charge is 2.66. The van der Waals surface area contributed by atoms with Gasteiger partial charge in [0.25, 0.3) is 0 Å². The first-order chi connectivity index (χ1) is 8.13. The van der Waals surface area contributed by atoms with Crippen LogP contribution < -0.4 is 5.32 Å². The van der Waals surface area contributed by atoms with E-state index >= 15 is 0 Å². The van der Waals surface area contributed by atoms with E-state index in [4.69, 9.17) is 9.47 Å². The van der Waals surface area contributed by atoms with E-state index in [1.807, 2.05) is 0 Å². The molecule has 3 atom stereocenters. The number of amides is 1. The standard InChI is InChI=1S/C13H21NO4/c1-12(2,3)18-11(16)14-9-8-7(13(8,4)5)6-17-10(9)15/h7-9H,6H2,1-5H3,(H,14,16)/t7?,8-,9+/m0/s1. The topological polar surface area (TPSA) is 64.6 Å². The molecule has 0 spiro atoms. The van der Waals surface area contributed by atoms with E-state index in [1.165, 1.54) is 0 Å². The van der Waals surface area contributed by atoms with Crippen molar-refractivity contribution in [3.05, 3.63) is 0 Å². The second kappa shape index (κ2) is 3.87. The van der Waals surface area contributed by atoms with Crippen molar-refractivity contribution >= 4 is 12.1 Å². The predicted octanol–water partition coefficient (Wildman–Crippen LogP) is 1.71. The minimum atomic E-state index is -0.575. The average Bonchev–Trinajstić information content (AvgIpc) is 2.71. The van der Waals surface area contributed by atoms with Crippen LogP contribution in [0.4, 0.5) is 4.79 Å². The summed E-state index contributed by atoms with van der Waals surface area (Å²) in [6, 6.07) is -0.575. The number of nitrogens with one attached hydrogen (secondary N) is 1. The maximum atomic E-state index is 11.7. The Bertz CT molecular complexity index is 383. The van der Waals surface area contributed by atoms with Gasteiger partial charge in [0.2, 0.25) is 0 Å². The Kier molecular flexibility index (Phi) is 2.83. The zero-order valence-corrected chi connectivity index (χ0v) is 11.6. The van der Waals surface area contributed by atoms with Crippen LogP contribution in [0.5, 0.6) is 0 Å². The Morgan fingerprint density at radius 3 is 2.61 bits per heavy atom. The molecular formula is C13H21NO4. The Labute approximate surface area is 107 Å². The molecule has 5 nitrogen and oxygen atoms in total. The number of ether oxygens (including phenoxy) is 2. The monoisotopic (exact) mass is 255 g/mol. The van der Waals surface area contributed by atoms with Gasteiger partial charge in [0.15, 0.2) is 0 Å². The third kappa shape index (κ3) is 2.31. The predicted molar refractivity (Wildman–Crippen MR) is 64.9 cm³/mol. The number of carbonyl (C=O) groups is 2. The van der Waals surface area contributed by atoms with Gasteiger partial charge in [0, 0.05) is 11.8 Å². The van der Waals surface area contributed by atoms with Gasteiger partial charge in [-0.25, -0.2) is 9.59 Å². The number of cyclic esters (lactones) is 1. The van der Waals surface area contributed by atoms with Gasteiger partial charge < -0.3 is 14.8 Å². The summed E-state index contributed by atoms with van der Waals surface area (Å²) in [5.41, 5.74) is -0.521. The van der Waals surface area contributed by atoms with Crippen molar-refractivity contribution in [2.45, 2.75) is 46.3 Å². The fraction of sp³-hybridized carbons (Fsp3) is 0.846. The van der Waals surface area contributed by atoms with Crippen molar-refractivity contribution in [3.63, 3.8) is 0 Å². The molecule has 5 heteroatoms. The summed E-state index contributed by atoms with van der Waals surface area (Å²) in [7, 11) is 0. The van der Waals surface area contributed by atoms with E-state index in [-0.39, 0.29) is 17.3 Å². The molecule has 1 amide bonds. The molecule has 2 fully saturated rings. The Balaban J connectivity index is 2.00. The Hall–Kier alpha value is -1.26. The first kappa shape index (κ1) is 13.2. The maximum absolute atomic E-state index is 11.7. The highest BCUT2D eigenvalue weighted by atomic mass is 16.6. The lowest BCUT2D eigenvalue weighted by molar-refractivity contribution is -0.150. The van der Waals surface area contributed by atoms with Crippen LogP contribution in [0.3, 0.4) is 0 Å². The second-order valence-corrected chi connectivity index (χ2v) is 6.71. The molecule has 1 saturated heterocycles. The molecule has 1 N–H and O–H groups in total. The van der Waals surface area contributed by atoms with Crippen LogP contribution in [0, 0.1) is 17.3 Å². The van der Waals surface area contributed by atoms with Crippen LogP contribution in [-0.2, 0) is 14.3 Å². The Morgan fingerprint density at radius 2 is 2.06 bits per heavy atom. The van der Waals surface area contributed by atoms with Crippen LogP contribution in [0.2, 0.25) is 0 Å². The van der Waals surface area contributed by atoms with E-state index in [1.54, 1.807) is 20.8 Å². The number of fused-ring (bicyclic) bond motifs is 1. The van der Waals surface area contributed by atoms with Crippen LogP contribution in [0.25, 0.3) is 0 Å². The van der Waals surface area contributed by atoms with Gasteiger partial charge in [0.05, 0.1) is 6.61 Å². The van der Waals surface area contributed by atoms with E-state index < -0.39 is 17.7 Å². The van der Waals surface area contributed by atoms with Crippen molar-refractivity contribution in [1.82, 2.24) is 5.32 Å². The lowest BCUT2D eigenvalue weighted by Crippen LogP contribution is -2.48. The molecule has 1 heterocycles. The fourth-order valence-corrected chi connectivity index (χ4v) is 2.76. The molecule has 0 aromatic heterocycles. The lowest BCUT2D eigenvalue weighted by atomic mass is 10.0. The van der Waals surface area contributed by atoms with Crippen molar-refractivity contribution in [2.24, 2.45) is 17.3 Å². The van der Waals surface area contributed by atoms with Gasteiger partial charge in [-0.2, -0.15) is 0 Å². The summed E-state index contributed by atoms with van der Waals surface area (Å²) in [5.74, 6) is 0.147. The number of esters is 1. The van der Waals surface area contributed by atoms with Crippen molar-refractivity contribution in [3.8, 4) is 0 Å². The smallest absolute Gasteiger partial charge is 0.408 e. The zero-order chi connectivity index (χ0) is 13.7. The van der Waals surface area contributed by atoms with Gasteiger partial charge >= 0.3 is 12.1 Å². The summed E-state index contributed by atoms with van der Waals surface area (Å²) in [4.78, 5) is 23.4. The molecule has 18 heavy (non-hydrogen) atoms. The number of alkyl carbamates (subject to hydrolysis) is 1. The molecule has 0 aromatic carbocycles. The maximum Gasteiger partial charge on any atom is 0.408 e. The molecule has 0 bridgehead atoms. The fourth-order valence-electron chi connectivity index (χ4n) is 2.76. The number of hydrogen-bond donors (Lipinski definition) is 1. The normalized spacial score (nSPS) is 33.2. The van der Waals surface area contributed by atoms with Crippen LogP contribution >= 0.6 is 0 Å². The number of rotatable bonds is 1. The first-order valence-electron chi connectivity index (χ1n) is 6.29. The Morgan fingerprint density at radius 1 is 1.44 bits per heavy atom. The van der Waals surface area contributed by atoms with E-state index in [0.29, 0.717) is 12.5 Å². The summed E-state index contributed by atoms with van der Waals surface area (Å²) < 4.78 is 10.3. The number of carbonyl (C=O) groups excluding carboxylic acids is 2. The SMILES string of the molecule is CC(C)(C)OC(=O)N[C@H]1C(=O)OCC2[C@@H]1C2(C)C. The van der Waals surface area contributed by atoms with Crippen LogP contribution in [-0.4, -0.2) is 30.3 Å². The van der Waals surface area contributed by atoms with Crippen LogP contribution in [0.15, 0.2) is 0 Å². The molecule has 0 aromatic rings. The van der Waals surface area contributed by atoms with E-state index in [9.17, 15) is 9.59 Å². The van der Waals surface area contributed by atoms with Crippen molar-refractivity contribution in [2.75, 3.05) is 6.61 Å². The number of hydrogen-bond acceptors (Lipinski definition) is 4. The highest BCUT2D eigenvalue weighted by Crippen LogP contribution is 2.61. The second-order valence-electron chi connectivity index (χ2n) is 6.71. The van der Waals surface area contributed by atoms with Gasteiger partial charge in [-0.05, 0) is 26.2 Å². The molecule has 1 aliphatic carbocycles. The van der Waals surface area contributed by atoms with E-state index in [2.05, 4.69) is 19.2 Å². The largest absolute Gasteiger partial charge is 0.464 e. The highest BCUT2D eigenvalue weighted by molar-refractivity contribution is 5.83. The molecule has 1 unspecified atom stereocenters. The quantitative estimate of drug-likeness (QED) is 0.724. The van der Waals surface area contributed by atoms with Crippen molar-refractivity contribution < 1.29 is 19.1 Å². The third-order valence-electron chi connectivity index (χ3n) is 3.83. The van der Waals surface area contributed by atoms with Crippen molar-refractivity contribution in [1.29, 1.82) is 0 Å². The zero-order valence-electron chi connectivity index (χ0n) is 11.6. The van der Waals surface area contributed by atoms with Crippen LogP contribution in [0.1, 0.15) is 34.6 Å². The molecular weight excluding hydrogens is 234 g/mol. The summed E-state index contributed by atoms with van der Waals surface area (Å²) in [6.45, 7) is 10.0. The average molecular weight is 255 g/mol. The van der Waals surface area contributed by atoms with Gasteiger partial charge in [-0.1, -0.05) is 13.8 Å². The molecule has 2 aliphatic rings. The molecule has 0 radical (unpaired) electrons. The minimum absolute atomic E-state index is 0.0475. The summed E-state index contributed by atoms with van der Waals surface area (Å²) in [5, 5.41) is 2.64. The molecule has 1 saturated carbocycles. The van der Waals surface area contributed by atoms with Gasteiger partial charge in [0.1, 0.15) is 11.6 Å². The summed E-state index contributed by atoms with van der Waals surface area (Å²) in [6.07, 6.45) is -0.562. The minimum Gasteiger partial charge on any atom is -0.464 e.